The number of carbonyl (C=O) groups excluding carboxylic acids is 1. The summed E-state index contributed by atoms with van der Waals surface area (Å²) in [6.07, 6.45) is 4.45. The van der Waals surface area contributed by atoms with E-state index in [0.717, 1.165) is 42.9 Å². The molecule has 0 saturated carbocycles. The summed E-state index contributed by atoms with van der Waals surface area (Å²) < 4.78 is 1.97. The van der Waals surface area contributed by atoms with E-state index < -0.39 is 0 Å². The van der Waals surface area contributed by atoms with Crippen molar-refractivity contribution in [1.29, 1.82) is 0 Å². The molecule has 6 heteroatoms. The van der Waals surface area contributed by atoms with Crippen molar-refractivity contribution in [2.24, 2.45) is 0 Å². The molecule has 1 amide bonds. The van der Waals surface area contributed by atoms with Crippen molar-refractivity contribution >= 4 is 28.7 Å². The van der Waals surface area contributed by atoms with Gasteiger partial charge in [-0.2, -0.15) is 0 Å². The molecule has 0 N–H and O–H groups in total. The van der Waals surface area contributed by atoms with Gasteiger partial charge in [-0.3, -0.25) is 4.79 Å². The van der Waals surface area contributed by atoms with Crippen LogP contribution in [0.3, 0.4) is 0 Å². The van der Waals surface area contributed by atoms with Gasteiger partial charge in [-0.1, -0.05) is 0 Å². The number of alkyl halides is 1. The van der Waals surface area contributed by atoms with Crippen molar-refractivity contribution in [3.8, 4) is 0 Å². The van der Waals surface area contributed by atoms with Gasteiger partial charge in [0.15, 0.2) is 5.65 Å². The fourth-order valence-corrected chi connectivity index (χ4v) is 3.00. The Morgan fingerprint density at radius 1 is 1.43 bits per heavy atom. The molecule has 1 aliphatic rings. The molecule has 0 bridgehead atoms. The molecule has 1 aliphatic heterocycles. The molecule has 3 rings (SSSR count). The highest BCUT2D eigenvalue weighted by Gasteiger charge is 2.20. The topological polar surface area (TPSA) is 51.0 Å². The van der Waals surface area contributed by atoms with Crippen LogP contribution >= 0.6 is 11.6 Å². The Kier molecular flexibility index (Phi) is 4.10. The van der Waals surface area contributed by atoms with E-state index in [1.165, 1.54) is 0 Å². The smallest absolute Gasteiger partial charge is 0.224 e. The highest BCUT2D eigenvalue weighted by atomic mass is 35.5. The summed E-state index contributed by atoms with van der Waals surface area (Å²) in [6, 6.07) is 3.78. The molecule has 0 aromatic carbocycles. The minimum atomic E-state index is -0.207. The maximum atomic E-state index is 12.2. The summed E-state index contributed by atoms with van der Waals surface area (Å²) in [7, 11) is 0. The molecular weight excluding hydrogens is 288 g/mol. The van der Waals surface area contributed by atoms with Crippen LogP contribution in [-0.4, -0.2) is 38.4 Å². The highest BCUT2D eigenvalue weighted by molar-refractivity contribution is 6.20. The monoisotopic (exact) mass is 306 g/mol. The van der Waals surface area contributed by atoms with E-state index in [2.05, 4.69) is 9.97 Å². The number of halogens is 1. The molecule has 2 aromatic rings. The Labute approximate surface area is 128 Å². The van der Waals surface area contributed by atoms with Crippen LogP contribution in [0.15, 0.2) is 18.3 Å². The van der Waals surface area contributed by atoms with Gasteiger partial charge in [-0.05, 0) is 31.9 Å². The number of pyridine rings is 1. The third-order valence-electron chi connectivity index (χ3n) is 3.90. The van der Waals surface area contributed by atoms with Crippen LogP contribution in [0.1, 0.15) is 37.4 Å². The fourth-order valence-electron chi connectivity index (χ4n) is 2.83. The minimum Gasteiger partial charge on any atom is -0.343 e. The first-order valence-electron chi connectivity index (χ1n) is 7.40. The predicted octanol–water partition coefficient (Wildman–Crippen LogP) is 2.74. The summed E-state index contributed by atoms with van der Waals surface area (Å²) >= 11 is 6.22. The fraction of sp³-hybridized carbons (Fsp3) is 0.533. The zero-order valence-electron chi connectivity index (χ0n) is 12.1. The van der Waals surface area contributed by atoms with Gasteiger partial charge in [0, 0.05) is 32.3 Å². The zero-order chi connectivity index (χ0) is 14.8. The summed E-state index contributed by atoms with van der Waals surface area (Å²) in [6.45, 7) is 4.25. The van der Waals surface area contributed by atoms with Gasteiger partial charge in [0.05, 0.1) is 5.38 Å². The van der Waals surface area contributed by atoms with Crippen LogP contribution in [0.4, 0.5) is 0 Å². The first-order chi connectivity index (χ1) is 10.2. The van der Waals surface area contributed by atoms with Gasteiger partial charge in [0.2, 0.25) is 5.91 Å². The van der Waals surface area contributed by atoms with Crippen LogP contribution in [-0.2, 0) is 11.3 Å². The first kappa shape index (κ1) is 14.3. The maximum absolute atomic E-state index is 12.2. The van der Waals surface area contributed by atoms with Crippen molar-refractivity contribution in [2.75, 3.05) is 13.1 Å². The molecule has 3 heterocycles. The van der Waals surface area contributed by atoms with Crippen molar-refractivity contribution in [3.63, 3.8) is 0 Å². The van der Waals surface area contributed by atoms with Crippen molar-refractivity contribution in [2.45, 2.75) is 38.1 Å². The summed E-state index contributed by atoms with van der Waals surface area (Å²) in [5.41, 5.74) is 1.63. The molecule has 0 spiro atoms. The van der Waals surface area contributed by atoms with Gasteiger partial charge in [-0.25, -0.2) is 9.97 Å². The summed E-state index contributed by atoms with van der Waals surface area (Å²) in [5.74, 6) is 0.984. The minimum absolute atomic E-state index is 0.207. The first-order valence-corrected chi connectivity index (χ1v) is 7.83. The number of hydrogen-bond donors (Lipinski definition) is 0. The third-order valence-corrected chi connectivity index (χ3v) is 4.09. The van der Waals surface area contributed by atoms with E-state index in [-0.39, 0.29) is 11.3 Å². The Bertz CT molecular complexity index is 646. The van der Waals surface area contributed by atoms with Gasteiger partial charge in [0.1, 0.15) is 11.3 Å². The number of carbonyl (C=O) groups is 1. The quantitative estimate of drug-likeness (QED) is 0.816. The standard InChI is InChI=1S/C15H19ClN4O/c1-11(16)14-18-12-5-4-7-17-15(12)20(14)10-6-13(21)19-8-2-3-9-19/h4-5,7,11H,2-3,6,8-10H2,1H3. The number of nitrogens with zero attached hydrogens (tertiary/aromatic N) is 4. The van der Waals surface area contributed by atoms with Crippen molar-refractivity contribution < 1.29 is 4.79 Å². The molecule has 5 nitrogen and oxygen atoms in total. The molecule has 0 aliphatic carbocycles. The Morgan fingerprint density at radius 3 is 2.90 bits per heavy atom. The molecule has 21 heavy (non-hydrogen) atoms. The number of amides is 1. The van der Waals surface area contributed by atoms with Crippen molar-refractivity contribution in [1.82, 2.24) is 19.4 Å². The van der Waals surface area contributed by atoms with Gasteiger partial charge < -0.3 is 9.47 Å². The predicted molar refractivity (Wildman–Crippen MR) is 82.2 cm³/mol. The molecular formula is C15H19ClN4O. The SMILES string of the molecule is CC(Cl)c1nc2cccnc2n1CCC(=O)N1CCCC1. The second-order valence-electron chi connectivity index (χ2n) is 5.42. The third kappa shape index (κ3) is 2.88. The largest absolute Gasteiger partial charge is 0.343 e. The lowest BCUT2D eigenvalue weighted by atomic mass is 10.3. The van der Waals surface area contributed by atoms with Gasteiger partial charge in [-0.15, -0.1) is 11.6 Å². The Morgan fingerprint density at radius 2 is 2.19 bits per heavy atom. The number of imidazole rings is 1. The van der Waals surface area contributed by atoms with E-state index >= 15 is 0 Å². The van der Waals surface area contributed by atoms with E-state index in [4.69, 9.17) is 11.6 Å². The number of aryl methyl sites for hydroxylation is 1. The van der Waals surface area contributed by atoms with Gasteiger partial charge >= 0.3 is 0 Å². The second kappa shape index (κ2) is 6.02. The number of likely N-dealkylation sites (tertiary alicyclic amines) is 1. The van der Waals surface area contributed by atoms with Crippen LogP contribution in [0.5, 0.6) is 0 Å². The molecule has 1 fully saturated rings. The molecule has 1 saturated heterocycles. The lowest BCUT2D eigenvalue weighted by molar-refractivity contribution is -0.130. The number of hydrogen-bond acceptors (Lipinski definition) is 3. The van der Waals surface area contributed by atoms with Gasteiger partial charge in [0.25, 0.3) is 0 Å². The average Bonchev–Trinajstić information content (AvgIpc) is 3.12. The highest BCUT2D eigenvalue weighted by Crippen LogP contribution is 2.23. The molecule has 0 radical (unpaired) electrons. The normalized spacial score (nSPS) is 16.6. The summed E-state index contributed by atoms with van der Waals surface area (Å²) in [4.78, 5) is 23.0. The Hall–Kier alpha value is -1.62. The van der Waals surface area contributed by atoms with E-state index in [0.29, 0.717) is 13.0 Å². The van der Waals surface area contributed by atoms with Crippen LogP contribution in [0.2, 0.25) is 0 Å². The number of fused-ring (bicyclic) bond motifs is 1. The van der Waals surface area contributed by atoms with E-state index in [9.17, 15) is 4.79 Å². The number of aromatic nitrogens is 3. The Balaban J connectivity index is 1.81. The number of rotatable bonds is 4. The van der Waals surface area contributed by atoms with Crippen LogP contribution < -0.4 is 0 Å². The van der Waals surface area contributed by atoms with E-state index in [1.54, 1.807) is 6.20 Å². The molecule has 112 valence electrons. The maximum Gasteiger partial charge on any atom is 0.224 e. The van der Waals surface area contributed by atoms with Crippen molar-refractivity contribution in [3.05, 3.63) is 24.2 Å². The van der Waals surface area contributed by atoms with Crippen LogP contribution in [0, 0.1) is 0 Å². The lowest BCUT2D eigenvalue weighted by Gasteiger charge is -2.16. The molecule has 1 atom stereocenters. The van der Waals surface area contributed by atoms with E-state index in [1.807, 2.05) is 28.5 Å². The average molecular weight is 307 g/mol. The second-order valence-corrected chi connectivity index (χ2v) is 6.08. The lowest BCUT2D eigenvalue weighted by Crippen LogP contribution is -2.28. The van der Waals surface area contributed by atoms with Crippen LogP contribution in [0.25, 0.3) is 11.2 Å². The molecule has 2 aromatic heterocycles. The zero-order valence-corrected chi connectivity index (χ0v) is 12.9. The molecule has 1 unspecified atom stereocenters. The summed E-state index contributed by atoms with van der Waals surface area (Å²) in [5, 5.41) is -0.207.